The third kappa shape index (κ3) is 9.29. The molecule has 40 heavy (non-hydrogen) atoms. The van der Waals surface area contributed by atoms with E-state index in [-0.39, 0.29) is 11.5 Å². The van der Waals surface area contributed by atoms with Crippen LogP contribution in [0.25, 0.3) is 11.1 Å². The van der Waals surface area contributed by atoms with Crippen molar-refractivity contribution in [3.63, 3.8) is 0 Å². The number of aromatic nitrogens is 2. The summed E-state index contributed by atoms with van der Waals surface area (Å²) in [5, 5.41) is 0.752. The zero-order valence-electron chi connectivity index (χ0n) is 23.2. The third-order valence-corrected chi connectivity index (χ3v) is 7.95. The molecule has 8 heteroatoms. The fourth-order valence-corrected chi connectivity index (χ4v) is 5.17. The molecule has 0 radical (unpaired) electrons. The van der Waals surface area contributed by atoms with Crippen LogP contribution in [0, 0.1) is 17.6 Å². The van der Waals surface area contributed by atoms with Crippen LogP contribution in [0.1, 0.15) is 87.9 Å². The zero-order valence-corrected chi connectivity index (χ0v) is 24.0. The first-order chi connectivity index (χ1) is 19.5. The summed E-state index contributed by atoms with van der Waals surface area (Å²) in [6.07, 6.45) is 16.6. The van der Waals surface area contributed by atoms with Crippen molar-refractivity contribution < 1.29 is 23.0 Å². The second-order valence-corrected chi connectivity index (χ2v) is 11.4. The molecule has 4 rings (SSSR count). The lowest BCUT2D eigenvalue weighted by Gasteiger charge is -2.10. The molecule has 3 aromatic rings. The number of rotatable bonds is 17. The molecule has 214 valence electrons. The minimum atomic E-state index is -1.27. The van der Waals surface area contributed by atoms with E-state index in [9.17, 15) is 13.6 Å². The van der Waals surface area contributed by atoms with Crippen LogP contribution in [0.15, 0.2) is 53.9 Å². The number of carbonyl (C=O) groups excluding carboxylic acids is 1. The molecule has 0 atom stereocenters. The van der Waals surface area contributed by atoms with Crippen LogP contribution in [0.2, 0.25) is 0 Å². The van der Waals surface area contributed by atoms with Gasteiger partial charge < -0.3 is 9.47 Å². The van der Waals surface area contributed by atoms with Crippen LogP contribution in [-0.2, 0) is 0 Å². The first kappa shape index (κ1) is 30.0. The number of thioether (sulfide) groups is 1. The Labute approximate surface area is 240 Å². The molecular formula is C32H38F2N2O3S. The van der Waals surface area contributed by atoms with Gasteiger partial charge in [0.05, 0.1) is 12.2 Å². The average Bonchev–Trinajstić information content (AvgIpc) is 3.80. The molecule has 0 saturated heterocycles. The van der Waals surface area contributed by atoms with Gasteiger partial charge in [-0.15, -0.1) is 0 Å². The van der Waals surface area contributed by atoms with E-state index >= 15 is 0 Å². The van der Waals surface area contributed by atoms with Gasteiger partial charge in [-0.1, -0.05) is 82.2 Å². The van der Waals surface area contributed by atoms with E-state index in [4.69, 9.17) is 9.47 Å². The van der Waals surface area contributed by atoms with Crippen molar-refractivity contribution >= 4 is 17.7 Å². The lowest BCUT2D eigenvalue weighted by atomic mass is 10.1. The standard InChI is InChI=1S/C32H38F2N2O3S/c1-2-3-4-5-6-9-20-40-32-35-21-25(22-36-32)24-13-15-26(16-14-24)39-31(37)27-17-18-28(30(34)29(27)33)38-19-8-7-10-23-11-12-23/h13-18,21-23H,2-12,19-20H2,1H3. The molecule has 1 fully saturated rings. The number of carbonyl (C=O) groups is 1. The van der Waals surface area contributed by atoms with E-state index in [1.807, 2.05) is 0 Å². The summed E-state index contributed by atoms with van der Waals surface area (Å²) in [5.41, 5.74) is 1.20. The Bertz CT molecular complexity index is 1220. The Balaban J connectivity index is 1.24. The fraction of sp³-hybridized carbons (Fsp3) is 0.469. The molecule has 0 aliphatic heterocycles. The SMILES string of the molecule is CCCCCCCCSc1ncc(-c2ccc(OC(=O)c3ccc(OCCCCC4CC4)c(F)c3F)cc2)cn1. The largest absolute Gasteiger partial charge is 0.490 e. The van der Waals surface area contributed by atoms with E-state index in [1.54, 1.807) is 48.4 Å². The van der Waals surface area contributed by atoms with Crippen LogP contribution < -0.4 is 9.47 Å². The summed E-state index contributed by atoms with van der Waals surface area (Å²) in [4.78, 5) is 21.4. The fourth-order valence-electron chi connectivity index (χ4n) is 4.39. The van der Waals surface area contributed by atoms with Crippen LogP contribution in [0.5, 0.6) is 11.5 Å². The Kier molecular flexibility index (Phi) is 11.8. The van der Waals surface area contributed by atoms with Crippen molar-refractivity contribution in [2.75, 3.05) is 12.4 Å². The third-order valence-electron chi connectivity index (χ3n) is 6.98. The minimum absolute atomic E-state index is 0.195. The minimum Gasteiger partial charge on any atom is -0.490 e. The summed E-state index contributed by atoms with van der Waals surface area (Å²) in [6.45, 7) is 2.53. The average molecular weight is 569 g/mol. The molecule has 1 aromatic heterocycles. The van der Waals surface area contributed by atoms with Gasteiger partial charge in [-0.3, -0.25) is 0 Å². The number of halogens is 2. The van der Waals surface area contributed by atoms with Gasteiger partial charge in [0.2, 0.25) is 5.82 Å². The highest BCUT2D eigenvalue weighted by Gasteiger charge is 2.22. The van der Waals surface area contributed by atoms with Gasteiger partial charge in [0.1, 0.15) is 5.75 Å². The van der Waals surface area contributed by atoms with Gasteiger partial charge in [-0.05, 0) is 55.0 Å². The number of esters is 1. The normalized spacial score (nSPS) is 12.9. The topological polar surface area (TPSA) is 61.3 Å². The molecule has 0 spiro atoms. The van der Waals surface area contributed by atoms with Crippen molar-refractivity contribution in [3.05, 3.63) is 66.0 Å². The van der Waals surface area contributed by atoms with Crippen molar-refractivity contribution in [2.24, 2.45) is 5.92 Å². The number of nitrogens with zero attached hydrogens (tertiary/aromatic N) is 2. The lowest BCUT2D eigenvalue weighted by Crippen LogP contribution is -2.12. The molecule has 1 aliphatic rings. The maximum absolute atomic E-state index is 14.6. The summed E-state index contributed by atoms with van der Waals surface area (Å²) >= 11 is 1.66. The molecular weight excluding hydrogens is 530 g/mol. The monoisotopic (exact) mass is 568 g/mol. The maximum atomic E-state index is 14.6. The van der Waals surface area contributed by atoms with Gasteiger partial charge in [0, 0.05) is 23.7 Å². The second-order valence-electron chi connectivity index (χ2n) is 10.3. The molecule has 0 N–H and O–H groups in total. The van der Waals surface area contributed by atoms with Crippen LogP contribution in [0.3, 0.4) is 0 Å². The summed E-state index contributed by atoms with van der Waals surface area (Å²) < 4.78 is 39.8. The van der Waals surface area contributed by atoms with Crippen molar-refractivity contribution in [3.8, 4) is 22.6 Å². The Morgan fingerprint density at radius 3 is 2.33 bits per heavy atom. The predicted molar refractivity (Wildman–Crippen MR) is 155 cm³/mol. The molecule has 0 amide bonds. The molecule has 0 bridgehead atoms. The summed E-state index contributed by atoms with van der Waals surface area (Å²) in [6, 6.07) is 9.19. The second kappa shape index (κ2) is 15.7. The maximum Gasteiger partial charge on any atom is 0.346 e. The highest BCUT2D eigenvalue weighted by Crippen LogP contribution is 2.34. The smallest absolute Gasteiger partial charge is 0.346 e. The van der Waals surface area contributed by atoms with E-state index in [1.165, 1.54) is 57.1 Å². The highest BCUT2D eigenvalue weighted by atomic mass is 32.2. The summed E-state index contributed by atoms with van der Waals surface area (Å²) in [5.74, 6) is -1.57. The van der Waals surface area contributed by atoms with Gasteiger partial charge in [0.25, 0.3) is 0 Å². The molecule has 5 nitrogen and oxygen atoms in total. The molecule has 2 aromatic carbocycles. The Morgan fingerprint density at radius 2 is 1.60 bits per heavy atom. The van der Waals surface area contributed by atoms with E-state index in [0.717, 1.165) is 53.6 Å². The van der Waals surface area contributed by atoms with Gasteiger partial charge in [-0.25, -0.2) is 19.2 Å². The first-order valence-electron chi connectivity index (χ1n) is 14.4. The Hall–Kier alpha value is -3.00. The summed E-state index contributed by atoms with van der Waals surface area (Å²) in [7, 11) is 0. The molecule has 1 saturated carbocycles. The Morgan fingerprint density at radius 1 is 0.875 bits per heavy atom. The number of unbranched alkanes of at least 4 members (excludes halogenated alkanes) is 6. The van der Waals surface area contributed by atoms with E-state index < -0.39 is 23.2 Å². The van der Waals surface area contributed by atoms with Crippen LogP contribution in [-0.4, -0.2) is 28.3 Å². The molecule has 1 aliphatic carbocycles. The molecule has 1 heterocycles. The van der Waals surface area contributed by atoms with E-state index in [2.05, 4.69) is 16.9 Å². The number of ether oxygens (including phenoxy) is 2. The highest BCUT2D eigenvalue weighted by molar-refractivity contribution is 7.99. The van der Waals surface area contributed by atoms with Crippen LogP contribution in [0.4, 0.5) is 8.78 Å². The van der Waals surface area contributed by atoms with Crippen molar-refractivity contribution in [1.82, 2.24) is 9.97 Å². The quantitative estimate of drug-likeness (QED) is 0.0532. The number of hydrogen-bond acceptors (Lipinski definition) is 6. The van der Waals surface area contributed by atoms with E-state index in [0.29, 0.717) is 6.61 Å². The number of benzene rings is 2. The van der Waals surface area contributed by atoms with Crippen LogP contribution >= 0.6 is 11.8 Å². The van der Waals surface area contributed by atoms with Gasteiger partial charge in [-0.2, -0.15) is 4.39 Å². The lowest BCUT2D eigenvalue weighted by molar-refractivity contribution is 0.0728. The van der Waals surface area contributed by atoms with Gasteiger partial charge >= 0.3 is 5.97 Å². The predicted octanol–water partition coefficient (Wildman–Crippen LogP) is 9.05. The van der Waals surface area contributed by atoms with Crippen molar-refractivity contribution in [2.45, 2.75) is 82.7 Å². The van der Waals surface area contributed by atoms with Gasteiger partial charge in [0.15, 0.2) is 16.7 Å². The first-order valence-corrected chi connectivity index (χ1v) is 15.4. The zero-order chi connectivity index (χ0) is 28.2. The number of hydrogen-bond donors (Lipinski definition) is 0. The molecule has 0 unspecified atom stereocenters. The van der Waals surface area contributed by atoms with Crippen molar-refractivity contribution in [1.29, 1.82) is 0 Å².